The second kappa shape index (κ2) is 10.5. The van der Waals surface area contributed by atoms with E-state index in [-0.39, 0.29) is 5.82 Å². The van der Waals surface area contributed by atoms with Crippen LogP contribution in [0.4, 0.5) is 17.6 Å². The first-order valence-corrected chi connectivity index (χ1v) is 12.4. The van der Waals surface area contributed by atoms with E-state index in [1.807, 2.05) is 18.2 Å². The standard InChI is InChI=1S/C24H24Cl2N10/c25-16-2-3-17(18(26)11-16)19-12-21-34-23(14-5-7-29-8-6-14)35-36(21)24(32-19)31-10-9-30-20-4-1-15(13-27)22(28)33-20/h1-4,11-12,14,29H,5-10H2,(H,31,32)(H3,28,30,33). The highest BCUT2D eigenvalue weighted by Crippen LogP contribution is 2.31. The zero-order valence-corrected chi connectivity index (χ0v) is 20.8. The van der Waals surface area contributed by atoms with Crippen LogP contribution in [0.25, 0.3) is 16.9 Å². The molecular weight excluding hydrogens is 499 g/mol. The van der Waals surface area contributed by atoms with Crippen LogP contribution >= 0.6 is 23.2 Å². The number of hydrogen-bond donors (Lipinski definition) is 4. The summed E-state index contributed by atoms with van der Waals surface area (Å²) in [5, 5.41) is 24.8. The van der Waals surface area contributed by atoms with Crippen molar-refractivity contribution in [3.8, 4) is 17.3 Å². The summed E-state index contributed by atoms with van der Waals surface area (Å²) >= 11 is 12.6. The lowest BCUT2D eigenvalue weighted by Gasteiger charge is -2.19. The lowest BCUT2D eigenvalue weighted by Crippen LogP contribution is -2.27. The first-order valence-electron chi connectivity index (χ1n) is 11.6. The van der Waals surface area contributed by atoms with Crippen molar-refractivity contribution in [3.05, 3.63) is 57.8 Å². The number of piperidine rings is 1. The molecule has 3 aromatic heterocycles. The monoisotopic (exact) mass is 522 g/mol. The molecule has 1 saturated heterocycles. The number of nitrogen functional groups attached to an aromatic ring is 1. The number of pyridine rings is 1. The van der Waals surface area contributed by atoms with Crippen LogP contribution in [0.3, 0.4) is 0 Å². The summed E-state index contributed by atoms with van der Waals surface area (Å²) in [5.74, 6) is 2.45. The van der Waals surface area contributed by atoms with Gasteiger partial charge in [0.25, 0.3) is 0 Å². The fraction of sp³-hybridized carbons (Fsp3) is 0.292. The van der Waals surface area contributed by atoms with Crippen molar-refractivity contribution in [1.29, 1.82) is 5.26 Å². The van der Waals surface area contributed by atoms with Gasteiger partial charge in [-0.15, -0.1) is 5.10 Å². The fourth-order valence-corrected chi connectivity index (χ4v) is 4.65. The van der Waals surface area contributed by atoms with Gasteiger partial charge in [-0.1, -0.05) is 23.2 Å². The molecule has 4 heterocycles. The van der Waals surface area contributed by atoms with Gasteiger partial charge in [0.1, 0.15) is 17.7 Å². The molecule has 5 rings (SSSR count). The minimum atomic E-state index is 0.194. The first-order chi connectivity index (χ1) is 17.5. The molecule has 0 spiro atoms. The molecule has 0 bridgehead atoms. The van der Waals surface area contributed by atoms with E-state index in [1.54, 1.807) is 28.8 Å². The number of fused-ring (bicyclic) bond motifs is 1. The molecule has 1 aromatic carbocycles. The van der Waals surface area contributed by atoms with Gasteiger partial charge in [0, 0.05) is 35.7 Å². The molecule has 0 amide bonds. The minimum Gasteiger partial charge on any atom is -0.383 e. The van der Waals surface area contributed by atoms with E-state index in [1.165, 1.54) is 0 Å². The number of hydrogen-bond acceptors (Lipinski definition) is 9. The van der Waals surface area contributed by atoms with E-state index < -0.39 is 0 Å². The minimum absolute atomic E-state index is 0.194. The molecule has 5 N–H and O–H groups in total. The zero-order chi connectivity index (χ0) is 25.1. The van der Waals surface area contributed by atoms with Gasteiger partial charge >= 0.3 is 0 Å². The topological polar surface area (TPSA) is 142 Å². The second-order valence-corrected chi connectivity index (χ2v) is 9.29. The fourth-order valence-electron chi connectivity index (χ4n) is 4.14. The van der Waals surface area contributed by atoms with E-state index in [0.29, 0.717) is 57.7 Å². The van der Waals surface area contributed by atoms with E-state index >= 15 is 0 Å². The lowest BCUT2D eigenvalue weighted by molar-refractivity contribution is 0.445. The smallest absolute Gasteiger partial charge is 0.226 e. The highest BCUT2D eigenvalue weighted by atomic mass is 35.5. The summed E-state index contributed by atoms with van der Waals surface area (Å²) in [4.78, 5) is 13.9. The first kappa shape index (κ1) is 24.1. The van der Waals surface area contributed by atoms with E-state index in [9.17, 15) is 0 Å². The Morgan fingerprint density at radius 3 is 2.61 bits per heavy atom. The number of nitriles is 1. The van der Waals surface area contributed by atoms with Crippen LogP contribution in [0.1, 0.15) is 30.1 Å². The third kappa shape index (κ3) is 5.14. The van der Waals surface area contributed by atoms with Gasteiger partial charge in [-0.25, -0.2) is 15.0 Å². The summed E-state index contributed by atoms with van der Waals surface area (Å²) in [5.41, 5.74) is 8.27. The van der Waals surface area contributed by atoms with Crippen LogP contribution in [-0.2, 0) is 0 Å². The van der Waals surface area contributed by atoms with E-state index in [0.717, 1.165) is 37.3 Å². The average molecular weight is 523 g/mol. The molecule has 0 radical (unpaired) electrons. The van der Waals surface area contributed by atoms with E-state index in [4.69, 9.17) is 49.3 Å². The number of nitrogens with zero attached hydrogens (tertiary/aromatic N) is 6. The molecule has 1 aliphatic rings. The average Bonchev–Trinajstić information content (AvgIpc) is 3.32. The third-order valence-corrected chi connectivity index (χ3v) is 6.56. The normalized spacial score (nSPS) is 14.0. The van der Waals surface area contributed by atoms with Gasteiger partial charge < -0.3 is 21.7 Å². The molecule has 184 valence electrons. The number of halogens is 2. The number of anilines is 3. The van der Waals surface area contributed by atoms with Crippen molar-refractivity contribution in [2.45, 2.75) is 18.8 Å². The second-order valence-electron chi connectivity index (χ2n) is 8.45. The third-order valence-electron chi connectivity index (χ3n) is 6.01. The van der Waals surface area contributed by atoms with Crippen molar-refractivity contribution in [3.63, 3.8) is 0 Å². The summed E-state index contributed by atoms with van der Waals surface area (Å²) < 4.78 is 1.74. The summed E-state index contributed by atoms with van der Waals surface area (Å²) in [7, 11) is 0. The van der Waals surface area contributed by atoms with Gasteiger partial charge in [-0.3, -0.25) is 0 Å². The molecule has 0 saturated carbocycles. The SMILES string of the molecule is N#Cc1ccc(NCCNc2nc(-c3ccc(Cl)cc3Cl)cc3nc(C4CCNCC4)nn23)nc1N. The number of nitrogens with one attached hydrogen (secondary N) is 3. The molecule has 0 aliphatic carbocycles. The van der Waals surface area contributed by atoms with Crippen LogP contribution in [0.15, 0.2) is 36.4 Å². The van der Waals surface area contributed by atoms with E-state index in [2.05, 4.69) is 20.9 Å². The Morgan fingerprint density at radius 1 is 1.06 bits per heavy atom. The Balaban J connectivity index is 1.41. The molecule has 4 aromatic rings. The number of aromatic nitrogens is 5. The zero-order valence-electron chi connectivity index (χ0n) is 19.3. The van der Waals surface area contributed by atoms with Gasteiger partial charge in [0.05, 0.1) is 16.3 Å². The Hall–Kier alpha value is -3.65. The summed E-state index contributed by atoms with van der Waals surface area (Å²) in [6.45, 7) is 2.96. The largest absolute Gasteiger partial charge is 0.383 e. The number of nitrogens with two attached hydrogens (primary N) is 1. The van der Waals surface area contributed by atoms with Crippen LogP contribution < -0.4 is 21.7 Å². The highest BCUT2D eigenvalue weighted by molar-refractivity contribution is 6.36. The van der Waals surface area contributed by atoms with Gasteiger partial charge in [0.15, 0.2) is 11.5 Å². The molecule has 1 fully saturated rings. The maximum absolute atomic E-state index is 9.02. The van der Waals surface area contributed by atoms with Crippen LogP contribution in [0, 0.1) is 11.3 Å². The predicted molar refractivity (Wildman–Crippen MR) is 141 cm³/mol. The van der Waals surface area contributed by atoms with Gasteiger partial charge in [-0.2, -0.15) is 9.78 Å². The van der Waals surface area contributed by atoms with Crippen molar-refractivity contribution >= 4 is 46.4 Å². The highest BCUT2D eigenvalue weighted by Gasteiger charge is 2.21. The van der Waals surface area contributed by atoms with Gasteiger partial charge in [-0.05, 0) is 56.3 Å². The maximum atomic E-state index is 9.02. The van der Waals surface area contributed by atoms with Crippen molar-refractivity contribution < 1.29 is 0 Å². The Kier molecular flexibility index (Phi) is 7.04. The maximum Gasteiger partial charge on any atom is 0.226 e. The lowest BCUT2D eigenvalue weighted by atomic mass is 9.98. The van der Waals surface area contributed by atoms with Gasteiger partial charge in [0.2, 0.25) is 5.95 Å². The molecular formula is C24H24Cl2N10. The quantitative estimate of drug-likeness (QED) is 0.265. The van der Waals surface area contributed by atoms with Crippen LogP contribution in [0.5, 0.6) is 0 Å². The number of benzene rings is 1. The van der Waals surface area contributed by atoms with Crippen molar-refractivity contribution in [1.82, 2.24) is 29.9 Å². The molecule has 0 unspecified atom stereocenters. The predicted octanol–water partition coefficient (Wildman–Crippen LogP) is 3.94. The Morgan fingerprint density at radius 2 is 1.86 bits per heavy atom. The van der Waals surface area contributed by atoms with Crippen LogP contribution in [-0.4, -0.2) is 50.7 Å². The summed E-state index contributed by atoms with van der Waals surface area (Å²) in [6.07, 6.45) is 1.99. The molecule has 10 nitrogen and oxygen atoms in total. The summed E-state index contributed by atoms with van der Waals surface area (Å²) in [6, 6.07) is 12.6. The Labute approximate surface area is 217 Å². The Bertz CT molecular complexity index is 1440. The van der Waals surface area contributed by atoms with Crippen molar-refractivity contribution in [2.75, 3.05) is 42.5 Å². The van der Waals surface area contributed by atoms with Crippen LogP contribution in [0.2, 0.25) is 10.0 Å². The molecule has 0 atom stereocenters. The molecule has 1 aliphatic heterocycles. The molecule has 12 heteroatoms. The number of rotatable bonds is 7. The molecule has 36 heavy (non-hydrogen) atoms. The van der Waals surface area contributed by atoms with Crippen molar-refractivity contribution in [2.24, 2.45) is 0 Å².